The van der Waals surface area contributed by atoms with E-state index in [0.29, 0.717) is 17.3 Å². The van der Waals surface area contributed by atoms with Gasteiger partial charge in [-0.1, -0.05) is 23.7 Å². The molecular formula is C13H15ClN2O3S. The average Bonchev–Trinajstić information content (AvgIpc) is 2.87. The number of sulfonamides is 1. The van der Waals surface area contributed by atoms with Gasteiger partial charge in [0.1, 0.15) is 5.76 Å². The Labute approximate surface area is 123 Å². The van der Waals surface area contributed by atoms with Crippen molar-refractivity contribution < 1.29 is 12.8 Å². The smallest absolute Gasteiger partial charge is 0.274 e. The van der Waals surface area contributed by atoms with Crippen molar-refractivity contribution in [3.05, 3.63) is 52.7 Å². The van der Waals surface area contributed by atoms with Gasteiger partial charge in [0.15, 0.2) is 0 Å². The number of halogens is 1. The van der Waals surface area contributed by atoms with Crippen molar-refractivity contribution in [2.24, 2.45) is 0 Å². The number of nitrogens with one attached hydrogen (secondary N) is 2. The summed E-state index contributed by atoms with van der Waals surface area (Å²) in [5.74, 6) is 0.565. The maximum atomic E-state index is 12.0. The van der Waals surface area contributed by atoms with Crippen LogP contribution in [0.4, 0.5) is 0 Å². The first kappa shape index (κ1) is 15.1. The van der Waals surface area contributed by atoms with Gasteiger partial charge in [0.05, 0.1) is 6.54 Å². The van der Waals surface area contributed by atoms with E-state index in [2.05, 4.69) is 10.0 Å². The number of benzene rings is 1. The normalized spacial score (nSPS) is 11.7. The molecule has 0 aliphatic heterocycles. The SMILES string of the molecule is CNCc1ccc(S(=O)(=O)NCc2cccc(Cl)c2)o1. The van der Waals surface area contributed by atoms with Crippen molar-refractivity contribution in [2.45, 2.75) is 18.2 Å². The van der Waals surface area contributed by atoms with Crippen molar-refractivity contribution in [1.29, 1.82) is 0 Å². The maximum Gasteiger partial charge on any atom is 0.274 e. The van der Waals surface area contributed by atoms with Crippen molar-refractivity contribution in [1.82, 2.24) is 10.0 Å². The molecule has 7 heteroatoms. The van der Waals surface area contributed by atoms with E-state index in [4.69, 9.17) is 16.0 Å². The van der Waals surface area contributed by atoms with Gasteiger partial charge in [0, 0.05) is 11.6 Å². The Kier molecular flexibility index (Phi) is 4.82. The van der Waals surface area contributed by atoms with E-state index in [9.17, 15) is 8.42 Å². The average molecular weight is 315 g/mol. The first-order chi connectivity index (χ1) is 9.51. The highest BCUT2D eigenvalue weighted by molar-refractivity contribution is 7.89. The highest BCUT2D eigenvalue weighted by atomic mass is 35.5. The van der Waals surface area contributed by atoms with E-state index in [1.807, 2.05) is 0 Å². The van der Waals surface area contributed by atoms with Gasteiger partial charge < -0.3 is 9.73 Å². The van der Waals surface area contributed by atoms with Gasteiger partial charge in [-0.25, -0.2) is 13.1 Å². The van der Waals surface area contributed by atoms with Gasteiger partial charge in [0.25, 0.3) is 10.0 Å². The zero-order chi connectivity index (χ0) is 14.6. The fourth-order valence-electron chi connectivity index (χ4n) is 1.67. The number of hydrogen-bond donors (Lipinski definition) is 2. The third-order valence-electron chi connectivity index (χ3n) is 2.61. The quantitative estimate of drug-likeness (QED) is 0.857. The third-order valence-corrected chi connectivity index (χ3v) is 4.12. The van der Waals surface area contributed by atoms with E-state index in [1.54, 1.807) is 37.4 Å². The van der Waals surface area contributed by atoms with Crippen LogP contribution >= 0.6 is 11.6 Å². The molecule has 0 amide bonds. The summed E-state index contributed by atoms with van der Waals surface area (Å²) in [5, 5.41) is 3.36. The Morgan fingerprint density at radius 1 is 1.20 bits per heavy atom. The van der Waals surface area contributed by atoms with Gasteiger partial charge in [-0.05, 0) is 36.9 Å². The minimum absolute atomic E-state index is 0.0928. The zero-order valence-corrected chi connectivity index (χ0v) is 12.5. The molecule has 1 aromatic heterocycles. The molecule has 0 bridgehead atoms. The molecule has 2 rings (SSSR count). The summed E-state index contributed by atoms with van der Waals surface area (Å²) < 4.78 is 31.8. The molecule has 1 heterocycles. The van der Waals surface area contributed by atoms with Gasteiger partial charge in [0.2, 0.25) is 5.09 Å². The fraction of sp³-hybridized carbons (Fsp3) is 0.231. The highest BCUT2D eigenvalue weighted by Gasteiger charge is 2.18. The van der Waals surface area contributed by atoms with E-state index < -0.39 is 10.0 Å². The van der Waals surface area contributed by atoms with Crippen LogP contribution in [0.5, 0.6) is 0 Å². The molecule has 108 valence electrons. The Bertz CT molecular complexity index is 682. The van der Waals surface area contributed by atoms with Crippen LogP contribution in [0.15, 0.2) is 45.9 Å². The molecule has 20 heavy (non-hydrogen) atoms. The maximum absolute atomic E-state index is 12.0. The molecule has 0 saturated carbocycles. The molecular weight excluding hydrogens is 300 g/mol. The van der Waals surface area contributed by atoms with Crippen LogP contribution < -0.4 is 10.0 Å². The summed E-state index contributed by atoms with van der Waals surface area (Å²) in [4.78, 5) is 0. The third kappa shape index (κ3) is 3.83. The van der Waals surface area contributed by atoms with E-state index in [-0.39, 0.29) is 11.6 Å². The van der Waals surface area contributed by atoms with Crippen molar-refractivity contribution in [2.75, 3.05) is 7.05 Å². The molecule has 2 aromatic rings. The predicted octanol–water partition coefficient (Wildman–Crippen LogP) is 2.13. The first-order valence-electron chi connectivity index (χ1n) is 5.99. The van der Waals surface area contributed by atoms with Crippen LogP contribution in [0.25, 0.3) is 0 Å². The summed E-state index contributed by atoms with van der Waals surface area (Å²) in [6.07, 6.45) is 0. The van der Waals surface area contributed by atoms with Crippen LogP contribution in [-0.4, -0.2) is 15.5 Å². The van der Waals surface area contributed by atoms with Gasteiger partial charge >= 0.3 is 0 Å². The molecule has 0 fully saturated rings. The predicted molar refractivity (Wildman–Crippen MR) is 76.9 cm³/mol. The lowest BCUT2D eigenvalue weighted by Gasteiger charge is -2.05. The molecule has 0 aliphatic carbocycles. The summed E-state index contributed by atoms with van der Waals surface area (Å²) in [5.41, 5.74) is 0.781. The summed E-state index contributed by atoms with van der Waals surface area (Å²) in [7, 11) is -1.90. The van der Waals surface area contributed by atoms with Gasteiger partial charge in [-0.3, -0.25) is 0 Å². The Hall–Kier alpha value is -1.34. The largest absolute Gasteiger partial charge is 0.447 e. The molecule has 0 aliphatic rings. The second-order valence-electron chi connectivity index (χ2n) is 4.21. The second-order valence-corrected chi connectivity index (χ2v) is 6.34. The van der Waals surface area contributed by atoms with Crippen LogP contribution in [-0.2, 0) is 23.1 Å². The van der Waals surface area contributed by atoms with E-state index in [1.165, 1.54) is 6.07 Å². The Morgan fingerprint density at radius 3 is 2.70 bits per heavy atom. The number of hydrogen-bond acceptors (Lipinski definition) is 4. The molecule has 0 saturated heterocycles. The van der Waals surface area contributed by atoms with Crippen molar-refractivity contribution in [3.8, 4) is 0 Å². The lowest BCUT2D eigenvalue weighted by Crippen LogP contribution is -2.22. The molecule has 1 aromatic carbocycles. The lowest BCUT2D eigenvalue weighted by atomic mass is 10.2. The lowest BCUT2D eigenvalue weighted by molar-refractivity contribution is 0.404. The minimum Gasteiger partial charge on any atom is -0.447 e. The van der Waals surface area contributed by atoms with E-state index >= 15 is 0 Å². The van der Waals surface area contributed by atoms with E-state index in [0.717, 1.165) is 5.56 Å². The molecule has 0 spiro atoms. The minimum atomic E-state index is -3.66. The number of rotatable bonds is 6. The van der Waals surface area contributed by atoms with Gasteiger partial charge in [-0.15, -0.1) is 0 Å². The zero-order valence-electron chi connectivity index (χ0n) is 10.9. The highest BCUT2D eigenvalue weighted by Crippen LogP contribution is 2.15. The monoisotopic (exact) mass is 314 g/mol. The van der Waals surface area contributed by atoms with Crippen LogP contribution in [0.1, 0.15) is 11.3 Å². The molecule has 0 unspecified atom stereocenters. The standard InChI is InChI=1S/C13H15ClN2O3S/c1-15-9-12-5-6-13(19-12)20(17,18)16-8-10-3-2-4-11(14)7-10/h2-7,15-16H,8-9H2,1H3. The molecule has 0 atom stereocenters. The molecule has 5 nitrogen and oxygen atoms in total. The van der Waals surface area contributed by atoms with Crippen LogP contribution in [0.2, 0.25) is 5.02 Å². The number of furan rings is 1. The Balaban J connectivity index is 2.06. The first-order valence-corrected chi connectivity index (χ1v) is 7.85. The van der Waals surface area contributed by atoms with Crippen LogP contribution in [0, 0.1) is 0 Å². The summed E-state index contributed by atoms with van der Waals surface area (Å²) in [6.45, 7) is 0.634. The molecule has 0 radical (unpaired) electrons. The summed E-state index contributed by atoms with van der Waals surface area (Å²) in [6, 6.07) is 10.1. The van der Waals surface area contributed by atoms with Crippen LogP contribution in [0.3, 0.4) is 0 Å². The van der Waals surface area contributed by atoms with Gasteiger partial charge in [-0.2, -0.15) is 0 Å². The molecule has 2 N–H and O–H groups in total. The second kappa shape index (κ2) is 6.41. The Morgan fingerprint density at radius 2 is 2.00 bits per heavy atom. The summed E-state index contributed by atoms with van der Waals surface area (Å²) >= 11 is 5.85. The van der Waals surface area contributed by atoms with Crippen molar-refractivity contribution in [3.63, 3.8) is 0 Å². The topological polar surface area (TPSA) is 71.3 Å². The van der Waals surface area contributed by atoms with Crippen molar-refractivity contribution >= 4 is 21.6 Å². The fourth-order valence-corrected chi connectivity index (χ4v) is 2.84.